The van der Waals surface area contributed by atoms with Crippen molar-refractivity contribution in [2.45, 2.75) is 26.2 Å². The van der Waals surface area contributed by atoms with Crippen LogP contribution in [0.3, 0.4) is 0 Å². The minimum Gasteiger partial charge on any atom is -0.472 e. The number of amides is 1. The topological polar surface area (TPSA) is 89.3 Å². The van der Waals surface area contributed by atoms with Crippen LogP contribution in [0.25, 0.3) is 0 Å². The zero-order valence-electron chi connectivity index (χ0n) is 13.0. The predicted octanol–water partition coefficient (Wildman–Crippen LogP) is 1.41. The summed E-state index contributed by atoms with van der Waals surface area (Å²) in [4.78, 5) is 18.7. The third-order valence-corrected chi connectivity index (χ3v) is 4.10. The van der Waals surface area contributed by atoms with Gasteiger partial charge in [0.25, 0.3) is 5.91 Å². The Morgan fingerprint density at radius 3 is 3.08 bits per heavy atom. The number of aromatic nitrogens is 3. The van der Waals surface area contributed by atoms with E-state index in [0.29, 0.717) is 6.54 Å². The Labute approximate surface area is 138 Å². The number of rotatable bonds is 5. The van der Waals surface area contributed by atoms with Gasteiger partial charge < -0.3 is 18.8 Å². The van der Waals surface area contributed by atoms with Gasteiger partial charge >= 0.3 is 0 Å². The molecule has 4 heterocycles. The van der Waals surface area contributed by atoms with E-state index in [-0.39, 0.29) is 11.7 Å². The third-order valence-electron chi connectivity index (χ3n) is 4.10. The van der Waals surface area contributed by atoms with Crippen molar-refractivity contribution in [1.82, 2.24) is 24.9 Å². The van der Waals surface area contributed by atoms with Crippen LogP contribution in [0.4, 0.5) is 0 Å². The van der Waals surface area contributed by atoms with Gasteiger partial charge in [-0.25, -0.2) is 4.98 Å². The van der Waals surface area contributed by atoms with Crippen LogP contribution in [0, 0.1) is 0 Å². The van der Waals surface area contributed by atoms with Crippen molar-refractivity contribution in [3.8, 4) is 0 Å². The Morgan fingerprint density at radius 2 is 2.29 bits per heavy atom. The Morgan fingerprint density at radius 1 is 1.33 bits per heavy atom. The molecule has 0 aliphatic carbocycles. The van der Waals surface area contributed by atoms with Gasteiger partial charge in [0.2, 0.25) is 5.76 Å². The van der Waals surface area contributed by atoms with Gasteiger partial charge in [-0.1, -0.05) is 5.16 Å². The standard InChI is InChI=1S/C16H17N5O3/c22-16(14-1-3-19-24-14)18-8-13-7-17-15-10-20(4-5-21(13)15)9-12-2-6-23-11-12/h1-3,6-7,11H,4-5,8-10H2,(H,18,22). The number of nitrogens with zero attached hydrogens (tertiary/aromatic N) is 4. The first-order chi connectivity index (χ1) is 11.8. The number of carbonyl (C=O) groups excluding carboxylic acids is 1. The maximum absolute atomic E-state index is 11.9. The molecule has 1 N–H and O–H groups in total. The summed E-state index contributed by atoms with van der Waals surface area (Å²) in [5, 5.41) is 6.36. The summed E-state index contributed by atoms with van der Waals surface area (Å²) < 4.78 is 12.1. The van der Waals surface area contributed by atoms with E-state index in [2.05, 4.69) is 24.9 Å². The largest absolute Gasteiger partial charge is 0.472 e. The van der Waals surface area contributed by atoms with Crippen molar-refractivity contribution in [3.63, 3.8) is 0 Å². The summed E-state index contributed by atoms with van der Waals surface area (Å²) in [6.07, 6.45) is 6.72. The summed E-state index contributed by atoms with van der Waals surface area (Å²) in [5.41, 5.74) is 2.15. The lowest BCUT2D eigenvalue weighted by molar-refractivity contribution is 0.0912. The Balaban J connectivity index is 1.38. The molecule has 4 rings (SSSR count). The smallest absolute Gasteiger partial charge is 0.290 e. The molecule has 0 saturated carbocycles. The van der Waals surface area contributed by atoms with E-state index in [1.54, 1.807) is 12.5 Å². The molecule has 24 heavy (non-hydrogen) atoms. The molecule has 8 nitrogen and oxygen atoms in total. The minimum atomic E-state index is -0.277. The first-order valence-corrected chi connectivity index (χ1v) is 7.75. The van der Waals surface area contributed by atoms with Crippen molar-refractivity contribution >= 4 is 5.91 Å². The SMILES string of the molecule is O=C(NCc1cnc2n1CCN(Cc1ccoc1)C2)c1ccno1. The number of nitrogens with one attached hydrogen (secondary N) is 1. The quantitative estimate of drug-likeness (QED) is 0.762. The normalized spacial score (nSPS) is 14.5. The average Bonchev–Trinajstić information content (AvgIpc) is 3.34. The van der Waals surface area contributed by atoms with Crippen LogP contribution in [-0.2, 0) is 26.2 Å². The molecule has 0 radical (unpaired) electrons. The van der Waals surface area contributed by atoms with Crippen LogP contribution in [0.5, 0.6) is 0 Å². The second-order valence-corrected chi connectivity index (χ2v) is 5.72. The number of hydrogen-bond acceptors (Lipinski definition) is 6. The van der Waals surface area contributed by atoms with Crippen molar-refractivity contribution in [1.29, 1.82) is 0 Å². The zero-order chi connectivity index (χ0) is 16.4. The fourth-order valence-corrected chi connectivity index (χ4v) is 2.88. The summed E-state index contributed by atoms with van der Waals surface area (Å²) in [6, 6.07) is 3.51. The molecule has 0 bridgehead atoms. The average molecular weight is 327 g/mol. The molecule has 3 aromatic rings. The van der Waals surface area contributed by atoms with Crippen molar-refractivity contribution < 1.29 is 13.7 Å². The van der Waals surface area contributed by atoms with Gasteiger partial charge in [-0.3, -0.25) is 9.69 Å². The predicted molar refractivity (Wildman–Crippen MR) is 82.7 cm³/mol. The van der Waals surface area contributed by atoms with Crippen LogP contribution < -0.4 is 5.32 Å². The maximum Gasteiger partial charge on any atom is 0.290 e. The van der Waals surface area contributed by atoms with E-state index in [9.17, 15) is 4.79 Å². The molecule has 1 amide bonds. The molecule has 3 aromatic heterocycles. The number of furan rings is 1. The number of carbonyl (C=O) groups is 1. The van der Waals surface area contributed by atoms with Gasteiger partial charge in [0.15, 0.2) is 0 Å². The highest BCUT2D eigenvalue weighted by atomic mass is 16.5. The maximum atomic E-state index is 11.9. The molecule has 1 aliphatic rings. The molecule has 0 unspecified atom stereocenters. The van der Waals surface area contributed by atoms with E-state index < -0.39 is 0 Å². The van der Waals surface area contributed by atoms with Gasteiger partial charge in [-0.15, -0.1) is 0 Å². The van der Waals surface area contributed by atoms with Gasteiger partial charge in [0, 0.05) is 31.3 Å². The lowest BCUT2D eigenvalue weighted by Crippen LogP contribution is -2.34. The molecule has 0 fully saturated rings. The highest BCUT2D eigenvalue weighted by Crippen LogP contribution is 2.17. The number of hydrogen-bond donors (Lipinski definition) is 1. The molecular formula is C16H17N5O3. The molecule has 1 aliphatic heterocycles. The first-order valence-electron chi connectivity index (χ1n) is 7.75. The van der Waals surface area contributed by atoms with E-state index in [1.165, 1.54) is 12.3 Å². The Hall–Kier alpha value is -2.87. The molecule has 124 valence electrons. The van der Waals surface area contributed by atoms with Crippen molar-refractivity contribution in [2.24, 2.45) is 0 Å². The Kier molecular flexibility index (Phi) is 3.87. The minimum absolute atomic E-state index is 0.208. The van der Waals surface area contributed by atoms with Crippen molar-refractivity contribution in [2.75, 3.05) is 6.54 Å². The van der Waals surface area contributed by atoms with E-state index in [4.69, 9.17) is 8.94 Å². The lowest BCUT2D eigenvalue weighted by Gasteiger charge is -2.28. The molecule has 8 heteroatoms. The zero-order valence-corrected chi connectivity index (χ0v) is 13.0. The molecule has 0 saturated heterocycles. The van der Waals surface area contributed by atoms with Gasteiger partial charge in [-0.2, -0.15) is 0 Å². The highest BCUT2D eigenvalue weighted by molar-refractivity contribution is 5.91. The summed E-state index contributed by atoms with van der Waals surface area (Å²) in [5.74, 6) is 0.939. The summed E-state index contributed by atoms with van der Waals surface area (Å²) in [7, 11) is 0. The third kappa shape index (κ3) is 2.95. The van der Waals surface area contributed by atoms with Crippen molar-refractivity contribution in [3.05, 3.63) is 59.9 Å². The monoisotopic (exact) mass is 327 g/mol. The highest BCUT2D eigenvalue weighted by Gasteiger charge is 2.20. The molecular weight excluding hydrogens is 310 g/mol. The van der Waals surface area contributed by atoms with Crippen LogP contribution in [-0.4, -0.2) is 32.1 Å². The number of imidazole rings is 1. The fraction of sp³-hybridized carbons (Fsp3) is 0.312. The van der Waals surface area contributed by atoms with E-state index >= 15 is 0 Å². The molecule has 0 spiro atoms. The van der Waals surface area contributed by atoms with Gasteiger partial charge in [-0.05, 0) is 6.07 Å². The molecule has 0 atom stereocenters. The fourth-order valence-electron chi connectivity index (χ4n) is 2.88. The Bertz CT molecular complexity index is 807. The van der Waals surface area contributed by atoms with Crippen LogP contribution >= 0.6 is 0 Å². The van der Waals surface area contributed by atoms with Crippen LogP contribution in [0.1, 0.15) is 27.6 Å². The second kappa shape index (κ2) is 6.32. The van der Waals surface area contributed by atoms with Crippen LogP contribution in [0.15, 0.2) is 46.0 Å². The van der Waals surface area contributed by atoms with Crippen LogP contribution in [0.2, 0.25) is 0 Å². The van der Waals surface area contributed by atoms with Gasteiger partial charge in [0.05, 0.1) is 43.7 Å². The second-order valence-electron chi connectivity index (χ2n) is 5.72. The number of fused-ring (bicyclic) bond motifs is 1. The van der Waals surface area contributed by atoms with Gasteiger partial charge in [0.1, 0.15) is 5.82 Å². The summed E-state index contributed by atoms with van der Waals surface area (Å²) in [6.45, 7) is 3.81. The lowest BCUT2D eigenvalue weighted by atomic mass is 10.2. The van der Waals surface area contributed by atoms with E-state index in [1.807, 2.05) is 12.3 Å². The first kappa shape index (κ1) is 14.7. The molecule has 0 aromatic carbocycles. The summed E-state index contributed by atoms with van der Waals surface area (Å²) >= 11 is 0. The van der Waals surface area contributed by atoms with E-state index in [0.717, 1.165) is 43.3 Å².